The number of anilines is 2. The van der Waals surface area contributed by atoms with Gasteiger partial charge in [0.05, 0.1) is 36.7 Å². The van der Waals surface area contributed by atoms with E-state index in [2.05, 4.69) is 10.6 Å². The second kappa shape index (κ2) is 6.67. The van der Waals surface area contributed by atoms with Crippen LogP contribution in [0.1, 0.15) is 20.7 Å². The van der Waals surface area contributed by atoms with Gasteiger partial charge in [0.15, 0.2) is 0 Å². The first kappa shape index (κ1) is 17.2. The number of fused-ring (bicyclic) bond motifs is 2. The molecule has 4 rings (SSSR count). The highest BCUT2D eigenvalue weighted by atomic mass is 16.5. The summed E-state index contributed by atoms with van der Waals surface area (Å²) in [5, 5.41) is 4.91. The number of benzene rings is 2. The average molecular weight is 354 g/mol. The topological polar surface area (TPSA) is 111 Å². The first-order valence-corrected chi connectivity index (χ1v) is 7.52. The van der Waals surface area contributed by atoms with Crippen molar-refractivity contribution in [1.82, 2.24) is 0 Å². The maximum atomic E-state index is 11.4. The van der Waals surface area contributed by atoms with E-state index in [-0.39, 0.29) is 5.56 Å². The third-order valence-corrected chi connectivity index (χ3v) is 3.84. The van der Waals surface area contributed by atoms with E-state index in [4.69, 9.17) is 9.47 Å². The Morgan fingerprint density at radius 1 is 0.769 bits per heavy atom. The zero-order valence-electron chi connectivity index (χ0n) is 13.9. The van der Waals surface area contributed by atoms with Gasteiger partial charge in [-0.25, -0.2) is 0 Å². The van der Waals surface area contributed by atoms with Gasteiger partial charge in [-0.1, -0.05) is 12.1 Å². The van der Waals surface area contributed by atoms with Crippen LogP contribution in [0.4, 0.5) is 11.4 Å². The van der Waals surface area contributed by atoms with Crippen molar-refractivity contribution in [2.24, 2.45) is 0 Å². The number of para-hydroxylation sites is 1. The standard InChI is InChI=1S/C10H9NO4.C8H5NO2/c1-14-5-3-6-8(7(4-5)15-2)9(12)10(13)11-6;10-7-5-3-1-2-4-6(5)9-8(7)11/h3-4H,1-2H3,(H,11,12,13);1-4H,(H,9,10,11). The van der Waals surface area contributed by atoms with Gasteiger partial charge >= 0.3 is 0 Å². The Morgan fingerprint density at radius 2 is 1.42 bits per heavy atom. The van der Waals surface area contributed by atoms with Gasteiger partial charge in [-0.05, 0) is 12.1 Å². The van der Waals surface area contributed by atoms with Gasteiger partial charge in [0, 0.05) is 12.1 Å². The van der Waals surface area contributed by atoms with Crippen LogP contribution >= 0.6 is 0 Å². The Labute approximate surface area is 148 Å². The van der Waals surface area contributed by atoms with E-state index < -0.39 is 23.4 Å². The second-order valence-corrected chi connectivity index (χ2v) is 5.36. The number of hydrogen-bond donors (Lipinski definition) is 2. The molecule has 26 heavy (non-hydrogen) atoms. The summed E-state index contributed by atoms with van der Waals surface area (Å²) < 4.78 is 10.0. The second-order valence-electron chi connectivity index (χ2n) is 5.36. The molecule has 2 aromatic carbocycles. The van der Waals surface area contributed by atoms with Gasteiger partial charge in [0.1, 0.15) is 11.5 Å². The van der Waals surface area contributed by atoms with Crippen LogP contribution in [-0.2, 0) is 9.59 Å². The molecule has 2 N–H and O–H groups in total. The number of carbonyl (C=O) groups is 4. The predicted molar refractivity (Wildman–Crippen MR) is 91.9 cm³/mol. The first-order chi connectivity index (χ1) is 12.5. The summed E-state index contributed by atoms with van der Waals surface area (Å²) in [6.45, 7) is 0. The largest absolute Gasteiger partial charge is 0.497 e. The fourth-order valence-corrected chi connectivity index (χ4v) is 2.59. The lowest BCUT2D eigenvalue weighted by molar-refractivity contribution is -0.112. The van der Waals surface area contributed by atoms with Crippen LogP contribution in [0.3, 0.4) is 0 Å². The van der Waals surface area contributed by atoms with E-state index in [0.29, 0.717) is 28.4 Å². The number of nitrogens with one attached hydrogen (secondary N) is 2. The maximum Gasteiger partial charge on any atom is 0.297 e. The van der Waals surface area contributed by atoms with Crippen LogP contribution in [0, 0.1) is 0 Å². The van der Waals surface area contributed by atoms with Crippen molar-refractivity contribution in [3.05, 3.63) is 47.5 Å². The van der Waals surface area contributed by atoms with E-state index in [0.717, 1.165) is 0 Å². The van der Waals surface area contributed by atoms with Crippen LogP contribution < -0.4 is 20.1 Å². The normalized spacial score (nSPS) is 13.9. The molecular weight excluding hydrogens is 340 g/mol. The SMILES string of the molecule is COc1cc2c(c(OC)c1)C(=O)C(=O)N2.O=C1Nc2ccccc2C1=O. The summed E-state index contributed by atoms with van der Waals surface area (Å²) in [7, 11) is 2.94. The Morgan fingerprint density at radius 3 is 2.08 bits per heavy atom. The number of ether oxygens (including phenoxy) is 2. The molecule has 2 amide bonds. The quantitative estimate of drug-likeness (QED) is 0.794. The third-order valence-electron chi connectivity index (χ3n) is 3.84. The zero-order valence-corrected chi connectivity index (χ0v) is 13.9. The van der Waals surface area contributed by atoms with Crippen molar-refractivity contribution in [3.63, 3.8) is 0 Å². The van der Waals surface area contributed by atoms with Gasteiger partial charge in [0.25, 0.3) is 23.4 Å². The van der Waals surface area contributed by atoms with Crippen LogP contribution in [0.5, 0.6) is 11.5 Å². The van der Waals surface area contributed by atoms with E-state index >= 15 is 0 Å². The van der Waals surface area contributed by atoms with Gasteiger partial charge in [0.2, 0.25) is 0 Å². The summed E-state index contributed by atoms with van der Waals surface area (Å²) in [5.41, 5.74) is 1.78. The van der Waals surface area contributed by atoms with Gasteiger partial charge < -0.3 is 20.1 Å². The van der Waals surface area contributed by atoms with Crippen molar-refractivity contribution < 1.29 is 28.7 Å². The van der Waals surface area contributed by atoms with E-state index in [1.54, 1.807) is 36.4 Å². The minimum Gasteiger partial charge on any atom is -0.497 e. The van der Waals surface area contributed by atoms with Gasteiger partial charge in [-0.15, -0.1) is 0 Å². The lowest BCUT2D eigenvalue weighted by Crippen LogP contribution is -2.12. The van der Waals surface area contributed by atoms with Crippen molar-refractivity contribution in [1.29, 1.82) is 0 Å². The Bertz CT molecular complexity index is 951. The molecule has 2 aliphatic rings. The molecule has 2 aromatic rings. The maximum absolute atomic E-state index is 11.4. The van der Waals surface area contributed by atoms with Crippen LogP contribution in [0.25, 0.3) is 0 Å². The number of Topliss-reactive ketones (excluding diaryl/α,β-unsaturated/α-hetero) is 2. The molecule has 0 aliphatic carbocycles. The fourth-order valence-electron chi connectivity index (χ4n) is 2.59. The molecule has 0 bridgehead atoms. The summed E-state index contributed by atoms with van der Waals surface area (Å²) in [6.07, 6.45) is 0. The van der Waals surface area contributed by atoms with Gasteiger partial charge in [-0.3, -0.25) is 19.2 Å². The minimum absolute atomic E-state index is 0.267. The molecule has 0 atom stereocenters. The Balaban J connectivity index is 0.000000158. The minimum atomic E-state index is -0.642. The fraction of sp³-hybridized carbons (Fsp3) is 0.111. The molecule has 0 saturated carbocycles. The third kappa shape index (κ3) is 2.88. The van der Waals surface area contributed by atoms with E-state index in [1.165, 1.54) is 14.2 Å². The van der Waals surface area contributed by atoms with E-state index in [1.807, 2.05) is 0 Å². The molecule has 0 unspecified atom stereocenters. The van der Waals surface area contributed by atoms with Crippen molar-refractivity contribution >= 4 is 34.8 Å². The molecule has 0 spiro atoms. The Hall–Kier alpha value is -3.68. The highest BCUT2D eigenvalue weighted by Gasteiger charge is 2.32. The summed E-state index contributed by atoms with van der Waals surface area (Å²) in [4.78, 5) is 44.3. The lowest BCUT2D eigenvalue weighted by atomic mass is 10.1. The zero-order chi connectivity index (χ0) is 18.8. The van der Waals surface area contributed by atoms with E-state index in [9.17, 15) is 19.2 Å². The number of rotatable bonds is 2. The van der Waals surface area contributed by atoms with Gasteiger partial charge in [-0.2, -0.15) is 0 Å². The molecule has 0 aromatic heterocycles. The molecular formula is C18H14N2O6. The molecule has 8 nitrogen and oxygen atoms in total. The monoisotopic (exact) mass is 354 g/mol. The predicted octanol–water partition coefficient (Wildman–Crippen LogP) is 1.66. The molecule has 132 valence electrons. The molecule has 0 saturated heterocycles. The number of methoxy groups -OCH3 is 2. The highest BCUT2D eigenvalue weighted by molar-refractivity contribution is 6.52. The van der Waals surface area contributed by atoms with Crippen LogP contribution in [0.2, 0.25) is 0 Å². The number of amides is 2. The summed E-state index contributed by atoms with van der Waals surface area (Å²) >= 11 is 0. The molecule has 2 heterocycles. The molecule has 0 fully saturated rings. The van der Waals surface area contributed by atoms with Crippen LogP contribution in [-0.4, -0.2) is 37.6 Å². The average Bonchev–Trinajstić information content (AvgIpc) is 3.11. The van der Waals surface area contributed by atoms with Crippen molar-refractivity contribution in [2.45, 2.75) is 0 Å². The smallest absolute Gasteiger partial charge is 0.297 e. The number of carbonyl (C=O) groups excluding carboxylic acids is 4. The summed E-state index contributed by atoms with van der Waals surface area (Å²) in [6, 6.07) is 10.0. The van der Waals surface area contributed by atoms with Crippen LogP contribution in [0.15, 0.2) is 36.4 Å². The highest BCUT2D eigenvalue weighted by Crippen LogP contribution is 2.35. The van der Waals surface area contributed by atoms with Crippen molar-refractivity contribution in [2.75, 3.05) is 24.9 Å². The Kier molecular flexibility index (Phi) is 4.40. The number of hydrogen-bond acceptors (Lipinski definition) is 6. The molecule has 2 aliphatic heterocycles. The molecule has 8 heteroatoms. The summed E-state index contributed by atoms with van der Waals surface area (Å²) in [5.74, 6) is -1.33. The molecule has 0 radical (unpaired) electrons. The van der Waals surface area contributed by atoms with Crippen molar-refractivity contribution in [3.8, 4) is 11.5 Å². The number of ketones is 2. The lowest BCUT2D eigenvalue weighted by Gasteiger charge is -2.07. The first-order valence-electron chi connectivity index (χ1n) is 7.52.